The van der Waals surface area contributed by atoms with E-state index in [1.807, 2.05) is 0 Å². The van der Waals surface area contributed by atoms with E-state index in [1.165, 1.54) is 8.61 Å². The zero-order valence-corrected chi connectivity index (χ0v) is 10.6. The normalized spacial score (nSPS) is 19.6. The molecule has 0 bridgehead atoms. The maximum absolute atomic E-state index is 12.2. The van der Waals surface area contributed by atoms with Crippen LogP contribution in [0.25, 0.3) is 0 Å². The zero-order valence-electron chi connectivity index (χ0n) is 9.79. The van der Waals surface area contributed by atoms with Crippen molar-refractivity contribution in [3.8, 4) is 0 Å². The van der Waals surface area contributed by atoms with Crippen molar-refractivity contribution in [1.29, 1.82) is 0 Å². The van der Waals surface area contributed by atoms with Gasteiger partial charge in [-0.2, -0.15) is 17.0 Å². The molecule has 16 heavy (non-hydrogen) atoms. The standard InChI is InChI=1S/C9H20N2O4S/c1-9(2)11(3-6-12)16(13,14)10-4-7-15-8-5-10/h9,12H,3-8H2,1-2H3. The van der Waals surface area contributed by atoms with E-state index in [4.69, 9.17) is 9.84 Å². The summed E-state index contributed by atoms with van der Waals surface area (Å²) in [4.78, 5) is 0. The molecule has 0 atom stereocenters. The summed E-state index contributed by atoms with van der Waals surface area (Å²) >= 11 is 0. The van der Waals surface area contributed by atoms with E-state index in [1.54, 1.807) is 13.8 Å². The Balaban J connectivity index is 2.79. The first kappa shape index (κ1) is 13.9. The molecule has 0 aliphatic carbocycles. The Bertz CT molecular complexity index is 299. The van der Waals surface area contributed by atoms with Gasteiger partial charge in [0.15, 0.2) is 0 Å². The maximum Gasteiger partial charge on any atom is 0.282 e. The van der Waals surface area contributed by atoms with Crippen molar-refractivity contribution in [2.24, 2.45) is 0 Å². The fraction of sp³-hybridized carbons (Fsp3) is 1.00. The maximum atomic E-state index is 12.2. The van der Waals surface area contributed by atoms with Gasteiger partial charge in [-0.3, -0.25) is 0 Å². The summed E-state index contributed by atoms with van der Waals surface area (Å²) in [6.07, 6.45) is 0. The van der Waals surface area contributed by atoms with Crippen molar-refractivity contribution in [3.63, 3.8) is 0 Å². The highest BCUT2D eigenvalue weighted by Gasteiger charge is 2.32. The minimum absolute atomic E-state index is 0.136. The molecule has 7 heteroatoms. The molecule has 0 unspecified atom stereocenters. The van der Waals surface area contributed by atoms with Crippen LogP contribution in [0.15, 0.2) is 0 Å². The first-order chi connectivity index (χ1) is 7.50. The first-order valence-corrected chi connectivity index (χ1v) is 6.85. The van der Waals surface area contributed by atoms with Gasteiger partial charge < -0.3 is 9.84 Å². The minimum Gasteiger partial charge on any atom is -0.395 e. The number of nitrogens with zero attached hydrogens (tertiary/aromatic N) is 2. The van der Waals surface area contributed by atoms with Gasteiger partial charge in [0.25, 0.3) is 10.2 Å². The zero-order chi connectivity index (χ0) is 12.2. The van der Waals surface area contributed by atoms with E-state index < -0.39 is 10.2 Å². The largest absolute Gasteiger partial charge is 0.395 e. The molecule has 1 saturated heterocycles. The molecule has 1 aliphatic rings. The summed E-state index contributed by atoms with van der Waals surface area (Å²) in [6.45, 7) is 5.21. The molecule has 0 radical (unpaired) electrons. The fourth-order valence-corrected chi connectivity index (χ4v) is 3.42. The third-order valence-corrected chi connectivity index (χ3v) is 4.70. The highest BCUT2D eigenvalue weighted by Crippen LogP contribution is 2.13. The first-order valence-electron chi connectivity index (χ1n) is 5.45. The molecule has 1 fully saturated rings. The molecule has 1 N–H and O–H groups in total. The fourth-order valence-electron chi connectivity index (χ4n) is 1.66. The van der Waals surface area contributed by atoms with E-state index in [-0.39, 0.29) is 19.2 Å². The van der Waals surface area contributed by atoms with Crippen molar-refractivity contribution in [2.45, 2.75) is 19.9 Å². The van der Waals surface area contributed by atoms with E-state index in [0.717, 1.165) is 0 Å². The lowest BCUT2D eigenvalue weighted by Crippen LogP contribution is -2.51. The number of ether oxygens (including phenoxy) is 1. The van der Waals surface area contributed by atoms with Crippen molar-refractivity contribution >= 4 is 10.2 Å². The Morgan fingerprint density at radius 1 is 1.38 bits per heavy atom. The molecular formula is C9H20N2O4S. The van der Waals surface area contributed by atoms with Crippen LogP contribution in [0.5, 0.6) is 0 Å². The number of aliphatic hydroxyl groups excluding tert-OH is 1. The smallest absolute Gasteiger partial charge is 0.282 e. The quantitative estimate of drug-likeness (QED) is 0.700. The van der Waals surface area contributed by atoms with Crippen molar-refractivity contribution in [1.82, 2.24) is 8.61 Å². The Labute approximate surface area is 97.0 Å². The number of morpholine rings is 1. The minimum atomic E-state index is -3.46. The Morgan fingerprint density at radius 3 is 2.38 bits per heavy atom. The van der Waals surface area contributed by atoms with Gasteiger partial charge in [-0.05, 0) is 13.8 Å². The highest BCUT2D eigenvalue weighted by molar-refractivity contribution is 7.86. The van der Waals surface area contributed by atoms with E-state index in [2.05, 4.69) is 0 Å². The summed E-state index contributed by atoms with van der Waals surface area (Å²) in [6, 6.07) is -0.153. The van der Waals surface area contributed by atoms with Gasteiger partial charge in [0.1, 0.15) is 0 Å². The van der Waals surface area contributed by atoms with Crippen LogP contribution in [0, 0.1) is 0 Å². The molecule has 96 valence electrons. The Hall–Kier alpha value is -0.210. The van der Waals surface area contributed by atoms with Crippen LogP contribution in [0.3, 0.4) is 0 Å². The second kappa shape index (κ2) is 5.92. The van der Waals surface area contributed by atoms with Crippen LogP contribution in [-0.2, 0) is 14.9 Å². The summed E-state index contributed by atoms with van der Waals surface area (Å²) in [5, 5.41) is 8.90. The van der Waals surface area contributed by atoms with E-state index in [9.17, 15) is 8.42 Å². The van der Waals surface area contributed by atoms with Gasteiger partial charge in [0.05, 0.1) is 19.8 Å². The van der Waals surface area contributed by atoms with Crippen LogP contribution in [0.1, 0.15) is 13.8 Å². The van der Waals surface area contributed by atoms with Crippen LogP contribution < -0.4 is 0 Å². The second-order valence-corrected chi connectivity index (χ2v) is 5.83. The predicted molar refractivity (Wildman–Crippen MR) is 60.2 cm³/mol. The Kier molecular flexibility index (Phi) is 5.13. The molecule has 0 amide bonds. The molecule has 0 saturated carbocycles. The lowest BCUT2D eigenvalue weighted by molar-refractivity contribution is 0.0690. The van der Waals surface area contributed by atoms with Crippen molar-refractivity contribution in [2.75, 3.05) is 39.5 Å². The molecule has 0 aromatic rings. The lowest BCUT2D eigenvalue weighted by atomic mass is 10.4. The average molecular weight is 252 g/mol. The number of hydrogen-bond acceptors (Lipinski definition) is 4. The van der Waals surface area contributed by atoms with Gasteiger partial charge in [0, 0.05) is 25.7 Å². The third-order valence-electron chi connectivity index (χ3n) is 2.49. The van der Waals surface area contributed by atoms with Gasteiger partial charge in [-0.15, -0.1) is 0 Å². The van der Waals surface area contributed by atoms with Crippen molar-refractivity contribution < 1.29 is 18.3 Å². The van der Waals surface area contributed by atoms with E-state index in [0.29, 0.717) is 26.3 Å². The number of hydrogen-bond donors (Lipinski definition) is 1. The second-order valence-electron chi connectivity index (χ2n) is 3.95. The van der Waals surface area contributed by atoms with Gasteiger partial charge >= 0.3 is 0 Å². The molecule has 6 nitrogen and oxygen atoms in total. The van der Waals surface area contributed by atoms with Gasteiger partial charge in [-0.25, -0.2) is 0 Å². The number of aliphatic hydroxyl groups is 1. The molecule has 1 aliphatic heterocycles. The van der Waals surface area contributed by atoms with Gasteiger partial charge in [-0.1, -0.05) is 0 Å². The predicted octanol–water partition coefficient (Wildman–Crippen LogP) is -0.734. The molecule has 0 aromatic carbocycles. The number of rotatable bonds is 5. The van der Waals surface area contributed by atoms with Crippen molar-refractivity contribution in [3.05, 3.63) is 0 Å². The van der Waals surface area contributed by atoms with E-state index >= 15 is 0 Å². The summed E-state index contributed by atoms with van der Waals surface area (Å²) in [5.74, 6) is 0. The van der Waals surface area contributed by atoms with Gasteiger partial charge in [0.2, 0.25) is 0 Å². The van der Waals surface area contributed by atoms with Crippen LogP contribution in [0.4, 0.5) is 0 Å². The summed E-state index contributed by atoms with van der Waals surface area (Å²) in [5.41, 5.74) is 0. The monoisotopic (exact) mass is 252 g/mol. The summed E-state index contributed by atoms with van der Waals surface area (Å²) < 4.78 is 32.3. The summed E-state index contributed by atoms with van der Waals surface area (Å²) in [7, 11) is -3.46. The molecule has 0 spiro atoms. The SMILES string of the molecule is CC(C)N(CCO)S(=O)(=O)N1CCOCC1. The molecule has 1 heterocycles. The van der Waals surface area contributed by atoms with Crippen LogP contribution >= 0.6 is 0 Å². The van der Waals surface area contributed by atoms with Crippen LogP contribution in [-0.4, -0.2) is 67.6 Å². The third kappa shape index (κ3) is 3.14. The molecule has 1 rings (SSSR count). The molecule has 0 aromatic heterocycles. The van der Waals surface area contributed by atoms with Crippen LogP contribution in [0.2, 0.25) is 0 Å². The average Bonchev–Trinajstić information content (AvgIpc) is 2.26. The Morgan fingerprint density at radius 2 is 1.94 bits per heavy atom. The topological polar surface area (TPSA) is 70.1 Å². The highest BCUT2D eigenvalue weighted by atomic mass is 32.2. The molecular weight excluding hydrogens is 232 g/mol. The lowest BCUT2D eigenvalue weighted by Gasteiger charge is -2.33.